The molecule has 3 heterocycles. The second-order valence-corrected chi connectivity index (χ2v) is 7.12. The normalized spacial score (nSPS) is 21.4. The van der Waals surface area contributed by atoms with Gasteiger partial charge in [0.25, 0.3) is 0 Å². The number of amides is 1. The van der Waals surface area contributed by atoms with E-state index in [0.29, 0.717) is 32.1 Å². The number of carbonyl (C=O) groups is 1. The minimum absolute atomic E-state index is 0.145. The molecule has 2 aliphatic rings. The highest BCUT2D eigenvalue weighted by atomic mass is 32.2. The van der Waals surface area contributed by atoms with Gasteiger partial charge in [0, 0.05) is 26.1 Å². The first-order chi connectivity index (χ1) is 11.8. The van der Waals surface area contributed by atoms with Crippen molar-refractivity contribution in [2.45, 2.75) is 50.4 Å². The first kappa shape index (κ1) is 17.7. The monoisotopic (exact) mass is 354 g/mol. The lowest BCUT2D eigenvalue weighted by Gasteiger charge is -2.26. The van der Waals surface area contributed by atoms with Gasteiger partial charge in [0.2, 0.25) is 5.91 Å². The lowest BCUT2D eigenvalue weighted by Crippen LogP contribution is -2.41. The van der Waals surface area contributed by atoms with Gasteiger partial charge in [-0.3, -0.25) is 4.79 Å². The van der Waals surface area contributed by atoms with Crippen LogP contribution < -0.4 is 0 Å². The van der Waals surface area contributed by atoms with Gasteiger partial charge in [0.15, 0.2) is 5.16 Å². The molecule has 1 aromatic heterocycles. The summed E-state index contributed by atoms with van der Waals surface area (Å²) < 4.78 is 13.2. The Bertz CT molecular complexity index is 539. The average molecular weight is 354 g/mol. The van der Waals surface area contributed by atoms with E-state index >= 15 is 0 Å². The van der Waals surface area contributed by atoms with Crippen LogP contribution >= 0.6 is 11.8 Å². The van der Waals surface area contributed by atoms with Gasteiger partial charge in [0.1, 0.15) is 5.82 Å². The minimum Gasteiger partial charge on any atom is -0.378 e. The molecule has 2 fully saturated rings. The molecule has 0 bridgehead atoms. The van der Waals surface area contributed by atoms with E-state index in [2.05, 4.69) is 21.7 Å². The zero-order chi connectivity index (χ0) is 16.8. The molecule has 24 heavy (non-hydrogen) atoms. The average Bonchev–Trinajstić information content (AvgIpc) is 3.25. The summed E-state index contributed by atoms with van der Waals surface area (Å²) in [6.45, 7) is 6.40. The maximum Gasteiger partial charge on any atom is 0.233 e. The summed E-state index contributed by atoms with van der Waals surface area (Å²) in [4.78, 5) is 14.2. The first-order valence-corrected chi connectivity index (χ1v) is 9.78. The summed E-state index contributed by atoms with van der Waals surface area (Å²) in [6, 6.07) is 0. The lowest BCUT2D eigenvalue weighted by atomic mass is 10.2. The topological polar surface area (TPSA) is 69.5 Å². The van der Waals surface area contributed by atoms with E-state index in [-0.39, 0.29) is 12.0 Å². The Morgan fingerprint density at radius 1 is 1.29 bits per heavy atom. The van der Waals surface area contributed by atoms with Gasteiger partial charge in [0.05, 0.1) is 31.6 Å². The van der Waals surface area contributed by atoms with Crippen molar-refractivity contribution >= 4 is 17.7 Å². The summed E-state index contributed by atoms with van der Waals surface area (Å²) in [5, 5.41) is 9.48. The van der Waals surface area contributed by atoms with Crippen molar-refractivity contribution < 1.29 is 14.3 Å². The molecule has 0 spiro atoms. The van der Waals surface area contributed by atoms with E-state index in [1.807, 2.05) is 4.90 Å². The van der Waals surface area contributed by atoms with Crippen molar-refractivity contribution in [1.29, 1.82) is 0 Å². The molecule has 0 unspecified atom stereocenters. The standard InChI is InChI=1S/C16H26N4O3S/c1-2-4-14-17-18-16(20(14)11-13-5-3-8-23-13)24-12-15(21)19-6-9-22-10-7-19/h13H,2-12H2,1H3/t13-/m1/s1. The van der Waals surface area contributed by atoms with Crippen LogP contribution in [0.2, 0.25) is 0 Å². The summed E-state index contributed by atoms with van der Waals surface area (Å²) in [6.07, 6.45) is 4.37. The van der Waals surface area contributed by atoms with E-state index in [0.717, 1.165) is 49.8 Å². The molecular weight excluding hydrogens is 328 g/mol. The van der Waals surface area contributed by atoms with Gasteiger partial charge in [-0.05, 0) is 19.3 Å². The number of hydrogen-bond acceptors (Lipinski definition) is 6. The molecule has 8 heteroatoms. The Labute approximate surface area is 147 Å². The predicted molar refractivity (Wildman–Crippen MR) is 91.1 cm³/mol. The number of aryl methyl sites for hydroxylation is 1. The number of hydrogen-bond donors (Lipinski definition) is 0. The second kappa shape index (κ2) is 8.82. The number of aromatic nitrogens is 3. The Balaban J connectivity index is 1.61. The maximum absolute atomic E-state index is 12.3. The fourth-order valence-electron chi connectivity index (χ4n) is 3.04. The maximum atomic E-state index is 12.3. The van der Waals surface area contributed by atoms with Gasteiger partial charge in [-0.1, -0.05) is 18.7 Å². The van der Waals surface area contributed by atoms with Crippen LogP contribution in [-0.2, 0) is 27.2 Å². The third kappa shape index (κ3) is 4.49. The van der Waals surface area contributed by atoms with Crippen LogP contribution in [0.3, 0.4) is 0 Å². The Kier molecular flexibility index (Phi) is 6.51. The molecule has 7 nitrogen and oxygen atoms in total. The lowest BCUT2D eigenvalue weighted by molar-refractivity contribution is -0.132. The van der Waals surface area contributed by atoms with Gasteiger partial charge in [-0.15, -0.1) is 10.2 Å². The highest BCUT2D eigenvalue weighted by molar-refractivity contribution is 7.99. The zero-order valence-electron chi connectivity index (χ0n) is 14.3. The number of thioether (sulfide) groups is 1. The highest BCUT2D eigenvalue weighted by Gasteiger charge is 2.22. The third-order valence-electron chi connectivity index (χ3n) is 4.37. The van der Waals surface area contributed by atoms with Crippen molar-refractivity contribution in [3.8, 4) is 0 Å². The summed E-state index contributed by atoms with van der Waals surface area (Å²) in [7, 11) is 0. The van der Waals surface area contributed by atoms with Crippen molar-refractivity contribution in [2.75, 3.05) is 38.7 Å². The predicted octanol–water partition coefficient (Wildman–Crippen LogP) is 1.36. The molecule has 0 N–H and O–H groups in total. The third-order valence-corrected chi connectivity index (χ3v) is 5.32. The molecular formula is C16H26N4O3S. The highest BCUT2D eigenvalue weighted by Crippen LogP contribution is 2.22. The Morgan fingerprint density at radius 2 is 2.12 bits per heavy atom. The first-order valence-electron chi connectivity index (χ1n) is 8.80. The molecule has 0 radical (unpaired) electrons. The fraction of sp³-hybridized carbons (Fsp3) is 0.812. The second-order valence-electron chi connectivity index (χ2n) is 6.18. The summed E-state index contributed by atoms with van der Waals surface area (Å²) in [5.41, 5.74) is 0. The van der Waals surface area contributed by atoms with Crippen molar-refractivity contribution in [2.24, 2.45) is 0 Å². The van der Waals surface area contributed by atoms with Crippen LogP contribution in [0.4, 0.5) is 0 Å². The Morgan fingerprint density at radius 3 is 2.83 bits per heavy atom. The quantitative estimate of drug-likeness (QED) is 0.689. The van der Waals surface area contributed by atoms with E-state index in [4.69, 9.17) is 9.47 Å². The van der Waals surface area contributed by atoms with E-state index < -0.39 is 0 Å². The van der Waals surface area contributed by atoms with E-state index in [9.17, 15) is 4.79 Å². The molecule has 1 aromatic rings. The number of rotatable bonds is 7. The largest absolute Gasteiger partial charge is 0.378 e. The zero-order valence-corrected chi connectivity index (χ0v) is 15.1. The molecule has 134 valence electrons. The van der Waals surface area contributed by atoms with Crippen LogP contribution in [0.15, 0.2) is 5.16 Å². The Hall–Kier alpha value is -1.12. The van der Waals surface area contributed by atoms with Crippen molar-refractivity contribution in [3.05, 3.63) is 5.82 Å². The fourth-order valence-corrected chi connectivity index (χ4v) is 3.91. The van der Waals surface area contributed by atoms with Crippen LogP contribution in [0.1, 0.15) is 32.0 Å². The number of morpholine rings is 1. The molecule has 0 aromatic carbocycles. The minimum atomic E-state index is 0.145. The number of carbonyl (C=O) groups excluding carboxylic acids is 1. The molecule has 2 saturated heterocycles. The molecule has 0 saturated carbocycles. The molecule has 1 amide bonds. The number of ether oxygens (including phenoxy) is 2. The van der Waals surface area contributed by atoms with Crippen LogP contribution in [0.5, 0.6) is 0 Å². The summed E-state index contributed by atoms with van der Waals surface area (Å²) in [5.74, 6) is 1.54. The molecule has 3 rings (SSSR count). The smallest absolute Gasteiger partial charge is 0.233 e. The van der Waals surface area contributed by atoms with Crippen LogP contribution in [0.25, 0.3) is 0 Å². The molecule has 1 atom stereocenters. The van der Waals surface area contributed by atoms with E-state index in [1.165, 1.54) is 11.8 Å². The van der Waals surface area contributed by atoms with Gasteiger partial charge >= 0.3 is 0 Å². The SMILES string of the molecule is CCCc1nnc(SCC(=O)N2CCOCC2)n1C[C@H]1CCCO1. The van der Waals surface area contributed by atoms with Crippen LogP contribution in [0, 0.1) is 0 Å². The van der Waals surface area contributed by atoms with Crippen molar-refractivity contribution in [3.63, 3.8) is 0 Å². The molecule has 0 aliphatic carbocycles. The number of nitrogens with zero attached hydrogens (tertiary/aromatic N) is 4. The van der Waals surface area contributed by atoms with Gasteiger partial charge in [-0.25, -0.2) is 0 Å². The van der Waals surface area contributed by atoms with Crippen LogP contribution in [-0.4, -0.2) is 70.3 Å². The molecule has 2 aliphatic heterocycles. The van der Waals surface area contributed by atoms with Crippen molar-refractivity contribution in [1.82, 2.24) is 19.7 Å². The summed E-state index contributed by atoms with van der Waals surface area (Å²) >= 11 is 1.48. The van der Waals surface area contributed by atoms with E-state index in [1.54, 1.807) is 0 Å². The van der Waals surface area contributed by atoms with Gasteiger partial charge < -0.3 is 18.9 Å². The van der Waals surface area contributed by atoms with Gasteiger partial charge in [-0.2, -0.15) is 0 Å².